The molecule has 1 unspecified atom stereocenters. The summed E-state index contributed by atoms with van der Waals surface area (Å²) in [6.07, 6.45) is 3.28. The highest BCUT2D eigenvalue weighted by Gasteiger charge is 2.30. The lowest BCUT2D eigenvalue weighted by atomic mass is 10.1. The van der Waals surface area contributed by atoms with Gasteiger partial charge in [-0.1, -0.05) is 6.07 Å². The second kappa shape index (κ2) is 11.1. The van der Waals surface area contributed by atoms with Gasteiger partial charge in [0.15, 0.2) is 17.3 Å². The number of ether oxygens (including phenoxy) is 1. The molecule has 1 saturated carbocycles. The fourth-order valence-corrected chi connectivity index (χ4v) is 5.55. The first-order valence-corrected chi connectivity index (χ1v) is 13.7. The second-order valence-corrected chi connectivity index (χ2v) is 11.9. The minimum atomic E-state index is -2.58. The SMILES string of the molecule is CN=S(=O)(c1ccc(-c2cccc(Nc3cc(NC(=O)C4CC4)nnc3C(=O)NC)c2OC)nc1)C(C)C. The molecule has 2 heterocycles. The molecule has 0 radical (unpaired) electrons. The Balaban J connectivity index is 1.71. The van der Waals surface area contributed by atoms with E-state index in [0.29, 0.717) is 33.3 Å². The summed E-state index contributed by atoms with van der Waals surface area (Å²) in [5.74, 6) is 0.134. The van der Waals surface area contributed by atoms with Crippen LogP contribution in [0.15, 0.2) is 51.9 Å². The van der Waals surface area contributed by atoms with E-state index in [-0.39, 0.29) is 28.6 Å². The summed E-state index contributed by atoms with van der Waals surface area (Å²) in [5, 5.41) is 16.4. The van der Waals surface area contributed by atoms with Crippen LogP contribution in [-0.4, -0.2) is 57.7 Å². The number of para-hydroxylation sites is 1. The summed E-state index contributed by atoms with van der Waals surface area (Å²) in [6.45, 7) is 3.73. The molecular weight excluding hydrogens is 506 g/mol. The van der Waals surface area contributed by atoms with Crippen molar-refractivity contribution in [3.63, 3.8) is 0 Å². The Morgan fingerprint density at radius 1 is 1.13 bits per heavy atom. The largest absolute Gasteiger partial charge is 0.494 e. The molecule has 1 fully saturated rings. The van der Waals surface area contributed by atoms with Gasteiger partial charge in [0.25, 0.3) is 5.91 Å². The van der Waals surface area contributed by atoms with Gasteiger partial charge in [-0.2, -0.15) is 0 Å². The zero-order chi connectivity index (χ0) is 27.4. The van der Waals surface area contributed by atoms with Gasteiger partial charge in [0.1, 0.15) is 0 Å². The minimum absolute atomic E-state index is 0.0117. The number of hydrogen-bond acceptors (Lipinski definition) is 9. The maximum absolute atomic E-state index is 13.2. The van der Waals surface area contributed by atoms with Crippen LogP contribution in [0.3, 0.4) is 0 Å². The number of carbonyl (C=O) groups excluding carboxylic acids is 2. The Kier molecular flexibility index (Phi) is 7.91. The van der Waals surface area contributed by atoms with Gasteiger partial charge in [0.05, 0.1) is 38.8 Å². The summed E-state index contributed by atoms with van der Waals surface area (Å²) in [6, 6.07) is 10.6. The van der Waals surface area contributed by atoms with Crippen LogP contribution in [0.1, 0.15) is 37.2 Å². The summed E-state index contributed by atoms with van der Waals surface area (Å²) in [7, 11) is 2.01. The molecular formula is C26H31N7O4S. The number of pyridine rings is 1. The maximum Gasteiger partial charge on any atom is 0.273 e. The van der Waals surface area contributed by atoms with Gasteiger partial charge < -0.3 is 20.7 Å². The van der Waals surface area contributed by atoms with Crippen LogP contribution in [0.2, 0.25) is 0 Å². The highest BCUT2D eigenvalue weighted by atomic mass is 32.2. The number of anilines is 3. The van der Waals surface area contributed by atoms with Crippen molar-refractivity contribution >= 4 is 38.7 Å². The molecule has 1 aliphatic carbocycles. The molecule has 0 aliphatic heterocycles. The number of carbonyl (C=O) groups is 2. The van der Waals surface area contributed by atoms with E-state index in [2.05, 4.69) is 35.5 Å². The van der Waals surface area contributed by atoms with E-state index in [1.165, 1.54) is 14.2 Å². The van der Waals surface area contributed by atoms with E-state index in [4.69, 9.17) is 4.74 Å². The van der Waals surface area contributed by atoms with Crippen molar-refractivity contribution in [2.75, 3.05) is 31.8 Å². The number of nitrogens with one attached hydrogen (secondary N) is 3. The lowest BCUT2D eigenvalue weighted by Crippen LogP contribution is -2.22. The third-order valence-electron chi connectivity index (χ3n) is 6.18. The quantitative estimate of drug-likeness (QED) is 0.373. The number of benzene rings is 1. The standard InChI is InChI=1S/C26H31N7O4S/c1-15(2)38(36,28-4)17-11-12-19(29-14-17)18-7-6-8-20(24(18)37-5)30-21-13-22(31-25(34)16-9-10-16)32-33-23(21)26(35)27-3/h6-8,11-16H,9-10H2,1-5H3,(H,27,35)(H2,30,31,32,34). The molecule has 0 saturated heterocycles. The predicted octanol–water partition coefficient (Wildman–Crippen LogP) is 3.86. The van der Waals surface area contributed by atoms with E-state index >= 15 is 0 Å². The molecule has 0 spiro atoms. The summed E-state index contributed by atoms with van der Waals surface area (Å²) in [5.41, 5.74) is 2.22. The smallest absolute Gasteiger partial charge is 0.273 e. The second-order valence-electron chi connectivity index (χ2n) is 9.03. The number of amides is 2. The summed E-state index contributed by atoms with van der Waals surface area (Å²) in [4.78, 5) is 29.8. The Labute approximate surface area is 222 Å². The number of methoxy groups -OCH3 is 1. The Hall–Kier alpha value is -4.06. The first kappa shape index (κ1) is 27.0. The molecule has 12 heteroatoms. The van der Waals surface area contributed by atoms with Crippen molar-refractivity contribution in [3.05, 3.63) is 48.3 Å². The van der Waals surface area contributed by atoms with Crippen LogP contribution in [-0.2, 0) is 14.5 Å². The highest BCUT2D eigenvalue weighted by molar-refractivity contribution is 7.94. The molecule has 1 aliphatic rings. The molecule has 2 aromatic heterocycles. The van der Waals surface area contributed by atoms with E-state index in [1.807, 2.05) is 26.0 Å². The topological polar surface area (TPSA) is 148 Å². The van der Waals surface area contributed by atoms with Crippen LogP contribution in [0.25, 0.3) is 11.3 Å². The molecule has 2 amide bonds. The number of rotatable bonds is 9. The molecule has 1 atom stereocenters. The van der Waals surface area contributed by atoms with Crippen molar-refractivity contribution in [2.45, 2.75) is 36.8 Å². The molecule has 1 aromatic carbocycles. The highest BCUT2D eigenvalue weighted by Crippen LogP contribution is 2.38. The van der Waals surface area contributed by atoms with Crippen LogP contribution in [0.4, 0.5) is 17.2 Å². The normalized spacial score (nSPS) is 14.4. The zero-order valence-electron chi connectivity index (χ0n) is 21.9. The predicted molar refractivity (Wildman–Crippen MR) is 146 cm³/mol. The van der Waals surface area contributed by atoms with Gasteiger partial charge in [-0.25, -0.2) is 8.57 Å². The van der Waals surface area contributed by atoms with Crippen LogP contribution < -0.4 is 20.7 Å². The van der Waals surface area contributed by atoms with Gasteiger partial charge in [0.2, 0.25) is 5.91 Å². The summed E-state index contributed by atoms with van der Waals surface area (Å²) < 4.78 is 23.1. The monoisotopic (exact) mass is 537 g/mol. The molecule has 38 heavy (non-hydrogen) atoms. The van der Waals surface area contributed by atoms with Crippen molar-refractivity contribution in [2.24, 2.45) is 10.3 Å². The van der Waals surface area contributed by atoms with Crippen molar-refractivity contribution in [1.82, 2.24) is 20.5 Å². The lowest BCUT2D eigenvalue weighted by molar-refractivity contribution is -0.117. The summed E-state index contributed by atoms with van der Waals surface area (Å²) >= 11 is 0. The molecule has 4 rings (SSSR count). The Morgan fingerprint density at radius 2 is 1.89 bits per heavy atom. The Bertz CT molecular complexity index is 1480. The third kappa shape index (κ3) is 5.44. The number of aromatic nitrogens is 3. The van der Waals surface area contributed by atoms with Crippen LogP contribution in [0, 0.1) is 5.92 Å². The minimum Gasteiger partial charge on any atom is -0.494 e. The van der Waals surface area contributed by atoms with E-state index in [0.717, 1.165) is 12.8 Å². The first-order valence-electron chi connectivity index (χ1n) is 12.2. The third-order valence-corrected chi connectivity index (χ3v) is 8.92. The van der Waals surface area contributed by atoms with E-state index in [9.17, 15) is 13.8 Å². The first-order chi connectivity index (χ1) is 18.2. The van der Waals surface area contributed by atoms with Gasteiger partial charge in [-0.3, -0.25) is 14.6 Å². The fourth-order valence-electron chi connectivity index (χ4n) is 3.91. The van der Waals surface area contributed by atoms with Gasteiger partial charge in [-0.05, 0) is 51.0 Å². The van der Waals surface area contributed by atoms with Crippen molar-refractivity contribution < 1.29 is 18.5 Å². The Morgan fingerprint density at radius 3 is 2.47 bits per heavy atom. The van der Waals surface area contributed by atoms with Crippen molar-refractivity contribution in [1.29, 1.82) is 0 Å². The van der Waals surface area contributed by atoms with Gasteiger partial charge in [0, 0.05) is 43.1 Å². The molecule has 3 aromatic rings. The number of hydrogen-bond donors (Lipinski definition) is 3. The zero-order valence-corrected chi connectivity index (χ0v) is 22.8. The molecule has 200 valence electrons. The fraction of sp³-hybridized carbons (Fsp3) is 0.346. The van der Waals surface area contributed by atoms with Crippen LogP contribution >= 0.6 is 0 Å². The lowest BCUT2D eigenvalue weighted by Gasteiger charge is -2.17. The van der Waals surface area contributed by atoms with E-state index in [1.54, 1.807) is 37.5 Å². The van der Waals surface area contributed by atoms with E-state index < -0.39 is 15.6 Å². The maximum atomic E-state index is 13.2. The molecule has 0 bridgehead atoms. The molecule has 11 nitrogen and oxygen atoms in total. The van der Waals surface area contributed by atoms with Crippen molar-refractivity contribution in [3.8, 4) is 17.0 Å². The average Bonchev–Trinajstić information content (AvgIpc) is 3.78. The molecule has 3 N–H and O–H groups in total. The van der Waals surface area contributed by atoms with Crippen LogP contribution in [0.5, 0.6) is 5.75 Å². The number of nitrogens with zero attached hydrogens (tertiary/aromatic N) is 4. The average molecular weight is 538 g/mol. The van der Waals surface area contributed by atoms with Gasteiger partial charge in [-0.15, -0.1) is 10.2 Å². The van der Waals surface area contributed by atoms with Gasteiger partial charge >= 0.3 is 0 Å².